The summed E-state index contributed by atoms with van der Waals surface area (Å²) >= 11 is 0. The van der Waals surface area contributed by atoms with Crippen molar-refractivity contribution in [3.05, 3.63) is 106 Å². The zero-order valence-corrected chi connectivity index (χ0v) is 18.4. The van der Waals surface area contributed by atoms with E-state index in [1.54, 1.807) is 38.5 Å². The van der Waals surface area contributed by atoms with Crippen LogP contribution >= 0.6 is 0 Å². The van der Waals surface area contributed by atoms with Crippen molar-refractivity contribution in [2.75, 3.05) is 14.2 Å². The molecule has 3 aromatic carbocycles. The van der Waals surface area contributed by atoms with Gasteiger partial charge in [-0.05, 0) is 46.5 Å². The molecule has 1 aromatic heterocycles. The molecular formula is C27H24N2O4. The van der Waals surface area contributed by atoms with Crippen LogP contribution in [0.3, 0.4) is 0 Å². The molecule has 0 saturated heterocycles. The van der Waals surface area contributed by atoms with Gasteiger partial charge in [0.1, 0.15) is 5.56 Å². The summed E-state index contributed by atoms with van der Waals surface area (Å²) in [6.07, 6.45) is 0. The second-order valence-electron chi connectivity index (χ2n) is 7.43. The first-order chi connectivity index (χ1) is 16.1. The Morgan fingerprint density at radius 3 is 2.12 bits per heavy atom. The molecule has 33 heavy (non-hydrogen) atoms. The van der Waals surface area contributed by atoms with Crippen LogP contribution in [0.1, 0.15) is 15.9 Å². The summed E-state index contributed by atoms with van der Waals surface area (Å²) in [6, 6.07) is 26.6. The fourth-order valence-corrected chi connectivity index (χ4v) is 3.56. The van der Waals surface area contributed by atoms with E-state index in [9.17, 15) is 9.59 Å². The van der Waals surface area contributed by atoms with Crippen molar-refractivity contribution in [3.8, 4) is 33.9 Å². The summed E-state index contributed by atoms with van der Waals surface area (Å²) < 4.78 is 10.5. The van der Waals surface area contributed by atoms with Gasteiger partial charge in [-0.3, -0.25) is 9.59 Å². The third-order valence-corrected chi connectivity index (χ3v) is 5.36. The second-order valence-corrected chi connectivity index (χ2v) is 7.43. The van der Waals surface area contributed by atoms with E-state index in [0.29, 0.717) is 17.2 Å². The Kier molecular flexibility index (Phi) is 6.55. The molecule has 0 atom stereocenters. The zero-order valence-electron chi connectivity index (χ0n) is 18.4. The Balaban J connectivity index is 1.46. The number of benzene rings is 3. The molecule has 0 unspecified atom stereocenters. The lowest BCUT2D eigenvalue weighted by Gasteiger charge is -2.10. The van der Waals surface area contributed by atoms with Gasteiger partial charge in [0, 0.05) is 12.2 Å². The molecule has 0 bridgehead atoms. The first kappa shape index (κ1) is 21.9. The molecule has 4 aromatic rings. The zero-order chi connectivity index (χ0) is 23.2. The highest BCUT2D eigenvalue weighted by atomic mass is 16.5. The van der Waals surface area contributed by atoms with Crippen LogP contribution in [0.5, 0.6) is 11.5 Å². The van der Waals surface area contributed by atoms with Gasteiger partial charge in [-0.25, -0.2) is 0 Å². The molecule has 0 spiro atoms. The van der Waals surface area contributed by atoms with E-state index < -0.39 is 11.5 Å². The quantitative estimate of drug-likeness (QED) is 0.438. The van der Waals surface area contributed by atoms with Gasteiger partial charge in [-0.15, -0.1) is 0 Å². The van der Waals surface area contributed by atoms with Crippen LogP contribution in [0.2, 0.25) is 0 Å². The van der Waals surface area contributed by atoms with Crippen LogP contribution < -0.4 is 20.3 Å². The molecule has 0 aliphatic carbocycles. The maximum Gasteiger partial charge on any atom is 0.261 e. The molecule has 0 radical (unpaired) electrons. The average Bonchev–Trinajstić information content (AvgIpc) is 2.87. The highest BCUT2D eigenvalue weighted by Crippen LogP contribution is 2.27. The molecule has 0 saturated carbocycles. The van der Waals surface area contributed by atoms with Crippen molar-refractivity contribution in [2.24, 2.45) is 0 Å². The summed E-state index contributed by atoms with van der Waals surface area (Å²) in [5, 5.41) is 2.77. The molecule has 0 fully saturated rings. The number of nitrogens with one attached hydrogen (secondary N) is 2. The molecule has 166 valence electrons. The third kappa shape index (κ3) is 4.96. The van der Waals surface area contributed by atoms with E-state index >= 15 is 0 Å². The van der Waals surface area contributed by atoms with Gasteiger partial charge in [0.25, 0.3) is 11.5 Å². The molecular weight excluding hydrogens is 416 g/mol. The molecule has 1 heterocycles. The Labute approximate surface area is 191 Å². The van der Waals surface area contributed by atoms with Crippen molar-refractivity contribution in [3.63, 3.8) is 0 Å². The minimum Gasteiger partial charge on any atom is -0.493 e. The Bertz CT molecular complexity index is 1310. The van der Waals surface area contributed by atoms with E-state index in [-0.39, 0.29) is 12.1 Å². The minimum absolute atomic E-state index is 0.0557. The van der Waals surface area contributed by atoms with Gasteiger partial charge in [0.15, 0.2) is 11.5 Å². The van der Waals surface area contributed by atoms with Crippen molar-refractivity contribution < 1.29 is 14.3 Å². The number of methoxy groups -OCH3 is 2. The fraction of sp³-hybridized carbons (Fsp3) is 0.111. The fourth-order valence-electron chi connectivity index (χ4n) is 3.56. The van der Waals surface area contributed by atoms with Crippen molar-refractivity contribution in [2.45, 2.75) is 6.54 Å². The number of hydrogen-bond acceptors (Lipinski definition) is 4. The van der Waals surface area contributed by atoms with Crippen LogP contribution in [0.4, 0.5) is 0 Å². The molecule has 0 aliphatic rings. The summed E-state index contributed by atoms with van der Waals surface area (Å²) in [5.74, 6) is 0.734. The van der Waals surface area contributed by atoms with E-state index in [2.05, 4.69) is 10.3 Å². The maximum absolute atomic E-state index is 12.6. The number of aromatic nitrogens is 1. The molecule has 1 amide bonds. The Hall–Kier alpha value is -4.32. The minimum atomic E-state index is -0.447. The summed E-state index contributed by atoms with van der Waals surface area (Å²) in [4.78, 5) is 28.0. The molecule has 2 N–H and O–H groups in total. The topological polar surface area (TPSA) is 80.4 Å². The highest BCUT2D eigenvalue weighted by Gasteiger charge is 2.12. The SMILES string of the molecule is COc1ccc(CNC(=O)c2ccc(-c3ccc(-c4ccccc4)cc3)[nH]c2=O)cc1OC. The number of hydrogen-bond donors (Lipinski definition) is 2. The second kappa shape index (κ2) is 9.87. The number of H-pyrrole nitrogens is 1. The first-order valence-corrected chi connectivity index (χ1v) is 10.5. The van der Waals surface area contributed by atoms with Crippen molar-refractivity contribution >= 4 is 5.91 Å². The van der Waals surface area contributed by atoms with Crippen LogP contribution in [0, 0.1) is 0 Å². The van der Waals surface area contributed by atoms with Gasteiger partial charge in [0.05, 0.1) is 14.2 Å². The third-order valence-electron chi connectivity index (χ3n) is 5.36. The summed E-state index contributed by atoms with van der Waals surface area (Å²) in [5.41, 5.74) is 4.17. The van der Waals surface area contributed by atoms with E-state index in [1.165, 1.54) is 0 Å². The largest absolute Gasteiger partial charge is 0.493 e. The number of carbonyl (C=O) groups is 1. The lowest BCUT2D eigenvalue weighted by molar-refractivity contribution is 0.0949. The maximum atomic E-state index is 12.6. The number of aromatic amines is 1. The Morgan fingerprint density at radius 2 is 1.45 bits per heavy atom. The number of carbonyl (C=O) groups excluding carboxylic acids is 1. The van der Waals surface area contributed by atoms with Crippen molar-refractivity contribution in [1.82, 2.24) is 10.3 Å². The van der Waals surface area contributed by atoms with Gasteiger partial charge >= 0.3 is 0 Å². The lowest BCUT2D eigenvalue weighted by Crippen LogP contribution is -2.29. The van der Waals surface area contributed by atoms with Crippen LogP contribution in [-0.2, 0) is 6.54 Å². The summed E-state index contributed by atoms with van der Waals surface area (Å²) in [6.45, 7) is 0.251. The van der Waals surface area contributed by atoms with E-state index in [0.717, 1.165) is 22.3 Å². The standard InChI is InChI=1S/C27H24N2O4/c1-32-24-15-8-18(16-25(24)33-2)17-28-26(30)22-13-14-23(29-27(22)31)21-11-9-20(10-12-21)19-6-4-3-5-7-19/h3-16H,17H2,1-2H3,(H,28,30)(H,29,31). The highest BCUT2D eigenvalue weighted by molar-refractivity contribution is 5.94. The molecule has 0 aliphatic heterocycles. The molecule has 6 nitrogen and oxygen atoms in total. The van der Waals surface area contributed by atoms with Crippen LogP contribution in [-0.4, -0.2) is 25.1 Å². The predicted octanol–water partition coefficient (Wildman–Crippen LogP) is 4.66. The molecule has 6 heteroatoms. The monoisotopic (exact) mass is 440 g/mol. The van der Waals surface area contributed by atoms with Gasteiger partial charge in [-0.1, -0.05) is 60.7 Å². The van der Waals surface area contributed by atoms with Crippen LogP contribution in [0.15, 0.2) is 89.7 Å². The molecule has 4 rings (SSSR count). The first-order valence-electron chi connectivity index (χ1n) is 10.5. The van der Waals surface area contributed by atoms with Gasteiger partial charge in [0.2, 0.25) is 0 Å². The number of rotatable bonds is 7. The Morgan fingerprint density at radius 1 is 0.788 bits per heavy atom. The van der Waals surface area contributed by atoms with Gasteiger partial charge < -0.3 is 19.8 Å². The van der Waals surface area contributed by atoms with E-state index in [4.69, 9.17) is 9.47 Å². The van der Waals surface area contributed by atoms with Crippen molar-refractivity contribution in [1.29, 1.82) is 0 Å². The normalized spacial score (nSPS) is 10.5. The smallest absolute Gasteiger partial charge is 0.261 e. The summed E-state index contributed by atoms with van der Waals surface area (Å²) in [7, 11) is 3.11. The number of ether oxygens (including phenoxy) is 2. The van der Waals surface area contributed by atoms with E-state index in [1.807, 2.05) is 60.7 Å². The van der Waals surface area contributed by atoms with Crippen LogP contribution in [0.25, 0.3) is 22.4 Å². The number of pyridine rings is 1. The predicted molar refractivity (Wildman–Crippen MR) is 129 cm³/mol. The lowest BCUT2D eigenvalue weighted by atomic mass is 10.0. The number of amides is 1. The average molecular weight is 440 g/mol. The van der Waals surface area contributed by atoms with Gasteiger partial charge in [-0.2, -0.15) is 0 Å².